The second-order valence-corrected chi connectivity index (χ2v) is 10.3. The van der Waals surface area contributed by atoms with E-state index >= 15 is 0 Å². The van der Waals surface area contributed by atoms with E-state index in [1.54, 1.807) is 11.3 Å². The molecular weight excluding hydrogens is 304 g/mol. The number of nitrogens with one attached hydrogen (secondary N) is 1. The SMILES string of the molecule is CC(C)(C)C(=O)Nc1nc(CC23CC4CC(CC(C4)C2)C3)cs1. The van der Waals surface area contributed by atoms with Crippen LogP contribution in [0.4, 0.5) is 5.13 Å². The van der Waals surface area contributed by atoms with Gasteiger partial charge in [-0.25, -0.2) is 4.98 Å². The molecule has 0 atom stereocenters. The maximum atomic E-state index is 12.1. The molecule has 4 aliphatic rings. The average molecular weight is 333 g/mol. The van der Waals surface area contributed by atoms with Gasteiger partial charge in [0, 0.05) is 10.8 Å². The molecule has 1 heterocycles. The van der Waals surface area contributed by atoms with Gasteiger partial charge >= 0.3 is 0 Å². The lowest BCUT2D eigenvalue weighted by Crippen LogP contribution is -2.47. The smallest absolute Gasteiger partial charge is 0.231 e. The summed E-state index contributed by atoms with van der Waals surface area (Å²) < 4.78 is 0. The number of hydrogen-bond donors (Lipinski definition) is 1. The summed E-state index contributed by atoms with van der Waals surface area (Å²) in [5, 5.41) is 5.91. The number of hydrogen-bond acceptors (Lipinski definition) is 3. The van der Waals surface area contributed by atoms with Crippen molar-refractivity contribution in [3.63, 3.8) is 0 Å². The average Bonchev–Trinajstić information content (AvgIpc) is 2.82. The van der Waals surface area contributed by atoms with Gasteiger partial charge in [-0.05, 0) is 68.1 Å². The summed E-state index contributed by atoms with van der Waals surface area (Å²) in [6.07, 6.45) is 9.84. The van der Waals surface area contributed by atoms with E-state index in [0.717, 1.165) is 29.3 Å². The quantitative estimate of drug-likeness (QED) is 0.856. The summed E-state index contributed by atoms with van der Waals surface area (Å²) in [6.45, 7) is 5.81. The van der Waals surface area contributed by atoms with Gasteiger partial charge in [0.15, 0.2) is 5.13 Å². The third kappa shape index (κ3) is 3.07. The fourth-order valence-electron chi connectivity index (χ4n) is 5.62. The van der Waals surface area contributed by atoms with Crippen molar-refractivity contribution in [1.82, 2.24) is 4.98 Å². The van der Waals surface area contributed by atoms with Crippen molar-refractivity contribution in [2.45, 2.75) is 65.7 Å². The number of thiazole rings is 1. The fourth-order valence-corrected chi connectivity index (χ4v) is 6.33. The van der Waals surface area contributed by atoms with Gasteiger partial charge < -0.3 is 5.32 Å². The largest absolute Gasteiger partial charge is 0.302 e. The van der Waals surface area contributed by atoms with Crippen LogP contribution in [0.5, 0.6) is 0 Å². The second-order valence-electron chi connectivity index (χ2n) is 9.44. The van der Waals surface area contributed by atoms with Crippen LogP contribution in [0.2, 0.25) is 0 Å². The first-order chi connectivity index (χ1) is 10.8. The highest BCUT2D eigenvalue weighted by molar-refractivity contribution is 7.13. The lowest BCUT2D eigenvalue weighted by molar-refractivity contribution is -0.123. The highest BCUT2D eigenvalue weighted by Crippen LogP contribution is 2.61. The number of amides is 1. The minimum atomic E-state index is -0.369. The van der Waals surface area contributed by atoms with E-state index in [-0.39, 0.29) is 11.3 Å². The Balaban J connectivity index is 1.45. The Hall–Kier alpha value is -0.900. The topological polar surface area (TPSA) is 42.0 Å². The molecule has 4 aliphatic carbocycles. The molecule has 4 bridgehead atoms. The monoisotopic (exact) mass is 332 g/mol. The highest BCUT2D eigenvalue weighted by Gasteiger charge is 2.50. The summed E-state index contributed by atoms with van der Waals surface area (Å²) in [4.78, 5) is 16.8. The van der Waals surface area contributed by atoms with Crippen molar-refractivity contribution in [3.8, 4) is 0 Å². The fraction of sp³-hybridized carbons (Fsp3) is 0.789. The molecule has 0 aromatic carbocycles. The molecule has 0 saturated heterocycles. The maximum Gasteiger partial charge on any atom is 0.231 e. The second kappa shape index (κ2) is 5.30. The van der Waals surface area contributed by atoms with Gasteiger partial charge in [0.2, 0.25) is 5.91 Å². The predicted octanol–water partition coefficient (Wildman–Crippen LogP) is 4.89. The summed E-state index contributed by atoms with van der Waals surface area (Å²) >= 11 is 1.58. The molecule has 0 unspecified atom stereocenters. The van der Waals surface area contributed by atoms with E-state index in [1.165, 1.54) is 44.2 Å². The molecular formula is C19H28N2OS. The van der Waals surface area contributed by atoms with Gasteiger partial charge in [-0.3, -0.25) is 4.79 Å². The standard InChI is InChI=1S/C19H28N2OS/c1-18(2,3)16(22)21-17-20-15(11-23-17)10-19-7-12-4-13(8-19)6-14(5-12)9-19/h11-14H,4-10H2,1-3H3,(H,20,21,22). The minimum Gasteiger partial charge on any atom is -0.302 e. The Morgan fingerprint density at radius 2 is 1.78 bits per heavy atom. The van der Waals surface area contributed by atoms with Crippen molar-refractivity contribution >= 4 is 22.4 Å². The minimum absolute atomic E-state index is 0.0493. The molecule has 3 nitrogen and oxygen atoms in total. The number of aromatic nitrogens is 1. The van der Waals surface area contributed by atoms with Crippen molar-refractivity contribution in [1.29, 1.82) is 0 Å². The molecule has 0 aliphatic heterocycles. The van der Waals surface area contributed by atoms with Crippen LogP contribution >= 0.6 is 11.3 Å². The Bertz CT molecular complexity index is 578. The summed E-state index contributed by atoms with van der Waals surface area (Å²) in [7, 11) is 0. The van der Waals surface area contributed by atoms with E-state index in [2.05, 4.69) is 10.7 Å². The normalized spacial score (nSPS) is 35.5. The summed E-state index contributed by atoms with van der Waals surface area (Å²) in [5.74, 6) is 3.01. The molecule has 1 aromatic heterocycles. The van der Waals surface area contributed by atoms with Gasteiger partial charge in [-0.15, -0.1) is 11.3 Å². The summed E-state index contributed by atoms with van der Waals surface area (Å²) in [6, 6.07) is 0. The van der Waals surface area contributed by atoms with E-state index in [9.17, 15) is 4.79 Å². The molecule has 0 radical (unpaired) electrons. The van der Waals surface area contributed by atoms with Crippen molar-refractivity contribution < 1.29 is 4.79 Å². The van der Waals surface area contributed by atoms with Crippen LogP contribution in [-0.2, 0) is 11.2 Å². The van der Waals surface area contributed by atoms with Crippen LogP contribution in [0.15, 0.2) is 5.38 Å². The van der Waals surface area contributed by atoms with Gasteiger partial charge in [-0.2, -0.15) is 0 Å². The van der Waals surface area contributed by atoms with Crippen molar-refractivity contribution in [2.24, 2.45) is 28.6 Å². The zero-order valence-electron chi connectivity index (χ0n) is 14.5. The van der Waals surface area contributed by atoms with Crippen molar-refractivity contribution in [3.05, 3.63) is 11.1 Å². The van der Waals surface area contributed by atoms with E-state index < -0.39 is 0 Å². The number of anilines is 1. The first-order valence-electron chi connectivity index (χ1n) is 9.07. The van der Waals surface area contributed by atoms with Gasteiger partial charge in [0.05, 0.1) is 5.69 Å². The van der Waals surface area contributed by atoms with E-state index in [4.69, 9.17) is 4.98 Å². The molecule has 1 amide bonds. The van der Waals surface area contributed by atoms with Crippen LogP contribution in [0.1, 0.15) is 65.0 Å². The van der Waals surface area contributed by atoms with E-state index in [0.29, 0.717) is 5.41 Å². The van der Waals surface area contributed by atoms with Crippen LogP contribution in [0.3, 0.4) is 0 Å². The zero-order chi connectivity index (χ0) is 16.2. The molecule has 4 fully saturated rings. The molecule has 5 rings (SSSR count). The van der Waals surface area contributed by atoms with Crippen LogP contribution in [0.25, 0.3) is 0 Å². The Morgan fingerprint density at radius 3 is 2.30 bits per heavy atom. The van der Waals surface area contributed by atoms with Crippen LogP contribution in [0, 0.1) is 28.6 Å². The third-order valence-corrected chi connectivity index (χ3v) is 6.98. The number of nitrogens with zero attached hydrogens (tertiary/aromatic N) is 1. The molecule has 0 spiro atoms. The number of rotatable bonds is 3. The Labute approximate surface area is 143 Å². The lowest BCUT2D eigenvalue weighted by atomic mass is 9.48. The van der Waals surface area contributed by atoms with Crippen LogP contribution < -0.4 is 5.32 Å². The van der Waals surface area contributed by atoms with Gasteiger partial charge in [-0.1, -0.05) is 20.8 Å². The van der Waals surface area contributed by atoms with E-state index in [1.807, 2.05) is 20.8 Å². The van der Waals surface area contributed by atoms with Gasteiger partial charge in [0.25, 0.3) is 0 Å². The van der Waals surface area contributed by atoms with Crippen LogP contribution in [-0.4, -0.2) is 10.9 Å². The summed E-state index contributed by atoms with van der Waals surface area (Å²) in [5.41, 5.74) is 1.35. The first kappa shape index (κ1) is 15.6. The molecule has 4 saturated carbocycles. The Kier molecular flexibility index (Phi) is 3.60. The zero-order valence-corrected chi connectivity index (χ0v) is 15.3. The Morgan fingerprint density at radius 1 is 1.22 bits per heavy atom. The number of carbonyl (C=O) groups is 1. The molecule has 23 heavy (non-hydrogen) atoms. The molecule has 126 valence electrons. The predicted molar refractivity (Wildman–Crippen MR) is 94.5 cm³/mol. The molecule has 1 N–H and O–H groups in total. The lowest BCUT2D eigenvalue weighted by Gasteiger charge is -2.56. The molecule has 4 heteroatoms. The highest BCUT2D eigenvalue weighted by atomic mass is 32.1. The van der Waals surface area contributed by atoms with Gasteiger partial charge in [0.1, 0.15) is 0 Å². The van der Waals surface area contributed by atoms with Crippen molar-refractivity contribution in [2.75, 3.05) is 5.32 Å². The molecule has 1 aromatic rings. The maximum absolute atomic E-state index is 12.1. The third-order valence-electron chi connectivity index (χ3n) is 6.17. The number of carbonyl (C=O) groups excluding carboxylic acids is 1. The first-order valence-corrected chi connectivity index (χ1v) is 9.95.